The zero-order valence-corrected chi connectivity index (χ0v) is 12.2. The number of hydrogen-bond donors (Lipinski definition) is 1. The Hall–Kier alpha value is -0.193. The number of ketones is 1. The molecular formula is C12H26O3Si. The van der Waals surface area contributed by atoms with Gasteiger partial charge in [-0.1, -0.05) is 19.8 Å². The van der Waals surface area contributed by atoms with Gasteiger partial charge in [-0.2, -0.15) is 0 Å². The molecule has 0 spiro atoms. The van der Waals surface area contributed by atoms with Gasteiger partial charge in [0.05, 0.1) is 6.10 Å². The fourth-order valence-electron chi connectivity index (χ4n) is 1.90. The normalized spacial score (nSPS) is 15.9. The fraction of sp³-hybridized carbons (Fsp3) is 0.917. The van der Waals surface area contributed by atoms with Crippen LogP contribution in [0.1, 0.15) is 39.5 Å². The summed E-state index contributed by atoms with van der Waals surface area (Å²) in [6.07, 6.45) is 2.42. The number of carbonyl (C=O) groups excluding carboxylic acids is 1. The average Bonchev–Trinajstić information content (AvgIpc) is 2.16. The van der Waals surface area contributed by atoms with E-state index in [0.717, 1.165) is 12.8 Å². The van der Waals surface area contributed by atoms with E-state index in [4.69, 9.17) is 4.43 Å². The molecule has 0 unspecified atom stereocenters. The fourth-order valence-corrected chi connectivity index (χ4v) is 3.93. The van der Waals surface area contributed by atoms with Gasteiger partial charge in [-0.25, -0.2) is 0 Å². The van der Waals surface area contributed by atoms with Crippen molar-refractivity contribution in [1.82, 2.24) is 0 Å². The van der Waals surface area contributed by atoms with Crippen LogP contribution in [0, 0.1) is 0 Å². The van der Waals surface area contributed by atoms with E-state index in [1.807, 2.05) is 0 Å². The molecule has 3 nitrogen and oxygen atoms in total. The van der Waals surface area contributed by atoms with Crippen LogP contribution >= 0.6 is 0 Å². The SMILES string of the molecule is CCC[C@@H](CC(=O)C[C@H](C)O)[Si](C)(C)OC. The summed E-state index contributed by atoms with van der Waals surface area (Å²) < 4.78 is 5.58. The Morgan fingerprint density at radius 2 is 1.94 bits per heavy atom. The van der Waals surface area contributed by atoms with Crippen molar-refractivity contribution in [3.63, 3.8) is 0 Å². The van der Waals surface area contributed by atoms with Crippen LogP contribution in [0.25, 0.3) is 0 Å². The van der Waals surface area contributed by atoms with Crippen LogP contribution in [0.5, 0.6) is 0 Å². The first-order valence-corrected chi connectivity index (χ1v) is 9.07. The summed E-state index contributed by atoms with van der Waals surface area (Å²) in [5, 5.41) is 9.18. The molecule has 0 aromatic heterocycles. The van der Waals surface area contributed by atoms with Crippen molar-refractivity contribution in [1.29, 1.82) is 0 Å². The minimum absolute atomic E-state index is 0.158. The average molecular weight is 246 g/mol. The van der Waals surface area contributed by atoms with Gasteiger partial charge in [0.1, 0.15) is 5.78 Å². The number of carbonyl (C=O) groups is 1. The van der Waals surface area contributed by atoms with E-state index in [-0.39, 0.29) is 12.2 Å². The van der Waals surface area contributed by atoms with Crippen LogP contribution in [0.3, 0.4) is 0 Å². The van der Waals surface area contributed by atoms with E-state index in [0.29, 0.717) is 12.0 Å². The van der Waals surface area contributed by atoms with E-state index >= 15 is 0 Å². The molecule has 0 aromatic rings. The lowest BCUT2D eigenvalue weighted by molar-refractivity contribution is -0.120. The Bertz CT molecular complexity index is 214. The van der Waals surface area contributed by atoms with Crippen molar-refractivity contribution in [2.75, 3.05) is 7.11 Å². The lowest BCUT2D eigenvalue weighted by Gasteiger charge is -2.30. The van der Waals surface area contributed by atoms with Gasteiger partial charge >= 0.3 is 0 Å². The van der Waals surface area contributed by atoms with Crippen molar-refractivity contribution in [3.8, 4) is 0 Å². The van der Waals surface area contributed by atoms with Gasteiger partial charge in [-0.3, -0.25) is 4.79 Å². The molecular weight excluding hydrogens is 220 g/mol. The summed E-state index contributed by atoms with van der Waals surface area (Å²) in [6, 6.07) is 0. The van der Waals surface area contributed by atoms with Gasteiger partial charge in [0.25, 0.3) is 0 Å². The van der Waals surface area contributed by atoms with Gasteiger partial charge in [0.15, 0.2) is 8.32 Å². The molecule has 0 saturated heterocycles. The van der Waals surface area contributed by atoms with Crippen molar-refractivity contribution >= 4 is 14.1 Å². The third-order valence-corrected chi connectivity index (χ3v) is 6.65. The van der Waals surface area contributed by atoms with Crippen molar-refractivity contribution in [2.45, 2.75) is 64.3 Å². The summed E-state index contributed by atoms with van der Waals surface area (Å²) in [7, 11) is 0.000110. The minimum Gasteiger partial charge on any atom is -0.420 e. The Balaban J connectivity index is 4.39. The monoisotopic (exact) mass is 246 g/mol. The Kier molecular flexibility index (Phi) is 7.11. The maximum Gasteiger partial charge on any atom is 0.189 e. The summed E-state index contributed by atoms with van der Waals surface area (Å²) in [4.78, 5) is 11.7. The molecule has 0 amide bonds. The number of Topliss-reactive ketones (excluding diaryl/α,β-unsaturated/α-hetero) is 1. The van der Waals surface area contributed by atoms with E-state index in [9.17, 15) is 9.90 Å². The van der Waals surface area contributed by atoms with Gasteiger partial charge in [-0.15, -0.1) is 0 Å². The first kappa shape index (κ1) is 15.8. The molecule has 16 heavy (non-hydrogen) atoms. The van der Waals surface area contributed by atoms with Crippen LogP contribution < -0.4 is 0 Å². The van der Waals surface area contributed by atoms with Gasteiger partial charge in [0.2, 0.25) is 0 Å². The molecule has 0 bridgehead atoms. The predicted octanol–water partition coefficient (Wildman–Crippen LogP) is 2.74. The molecule has 4 heteroatoms. The first-order valence-electron chi connectivity index (χ1n) is 6.08. The molecule has 0 aliphatic heterocycles. The second-order valence-corrected chi connectivity index (χ2v) is 9.52. The van der Waals surface area contributed by atoms with Gasteiger partial charge < -0.3 is 9.53 Å². The molecule has 0 rings (SSSR count). The topological polar surface area (TPSA) is 46.5 Å². The van der Waals surface area contributed by atoms with Crippen LogP contribution in [0.2, 0.25) is 18.6 Å². The van der Waals surface area contributed by atoms with Crippen LogP contribution in [0.15, 0.2) is 0 Å². The third-order valence-electron chi connectivity index (χ3n) is 3.14. The predicted molar refractivity (Wildman–Crippen MR) is 69.1 cm³/mol. The highest BCUT2D eigenvalue weighted by atomic mass is 28.4. The zero-order chi connectivity index (χ0) is 12.8. The molecule has 2 atom stereocenters. The molecule has 0 saturated carbocycles. The van der Waals surface area contributed by atoms with E-state index in [2.05, 4.69) is 20.0 Å². The molecule has 96 valence electrons. The standard InChI is InChI=1S/C12H26O3Si/c1-6-7-12(16(4,5)15-3)9-11(14)8-10(2)13/h10,12-13H,6-9H2,1-5H3/t10-,12-/m0/s1. The van der Waals surface area contributed by atoms with Crippen molar-refractivity contribution < 1.29 is 14.3 Å². The minimum atomic E-state index is -1.74. The second-order valence-electron chi connectivity index (χ2n) is 5.09. The number of rotatable bonds is 8. The Labute approximate surface area is 100 Å². The Morgan fingerprint density at radius 3 is 2.31 bits per heavy atom. The zero-order valence-electron chi connectivity index (χ0n) is 11.2. The molecule has 0 fully saturated rings. The highest BCUT2D eigenvalue weighted by molar-refractivity contribution is 6.72. The van der Waals surface area contributed by atoms with Crippen LogP contribution in [-0.4, -0.2) is 32.4 Å². The maximum absolute atomic E-state index is 11.7. The lowest BCUT2D eigenvalue weighted by atomic mass is 10.1. The smallest absolute Gasteiger partial charge is 0.189 e. The van der Waals surface area contributed by atoms with Gasteiger partial charge in [-0.05, 0) is 25.6 Å². The highest BCUT2D eigenvalue weighted by Crippen LogP contribution is 2.31. The van der Waals surface area contributed by atoms with E-state index in [1.54, 1.807) is 14.0 Å². The summed E-state index contributed by atoms with van der Waals surface area (Å²) in [6.45, 7) is 8.10. The molecule has 0 aromatic carbocycles. The summed E-state index contributed by atoms with van der Waals surface area (Å²) in [5.74, 6) is 0.158. The highest BCUT2D eigenvalue weighted by Gasteiger charge is 2.33. The quantitative estimate of drug-likeness (QED) is 0.670. The summed E-state index contributed by atoms with van der Waals surface area (Å²) >= 11 is 0. The molecule has 0 radical (unpaired) electrons. The largest absolute Gasteiger partial charge is 0.420 e. The van der Waals surface area contributed by atoms with E-state index in [1.165, 1.54) is 0 Å². The number of aliphatic hydroxyl groups excluding tert-OH is 1. The lowest BCUT2D eigenvalue weighted by Crippen LogP contribution is -2.36. The summed E-state index contributed by atoms with van der Waals surface area (Å²) in [5.41, 5.74) is 0.369. The van der Waals surface area contributed by atoms with Crippen LogP contribution in [0.4, 0.5) is 0 Å². The number of aliphatic hydroxyl groups is 1. The van der Waals surface area contributed by atoms with Gasteiger partial charge in [0, 0.05) is 20.0 Å². The first-order chi connectivity index (χ1) is 7.33. The Morgan fingerprint density at radius 1 is 1.38 bits per heavy atom. The molecule has 1 N–H and O–H groups in total. The van der Waals surface area contributed by atoms with Crippen molar-refractivity contribution in [2.24, 2.45) is 0 Å². The third kappa shape index (κ3) is 5.77. The number of hydrogen-bond acceptors (Lipinski definition) is 3. The van der Waals surface area contributed by atoms with Crippen molar-refractivity contribution in [3.05, 3.63) is 0 Å². The van der Waals surface area contributed by atoms with Crippen LogP contribution in [-0.2, 0) is 9.22 Å². The molecule has 0 aliphatic carbocycles. The second kappa shape index (κ2) is 7.19. The molecule has 0 heterocycles. The molecule has 0 aliphatic rings. The van der Waals surface area contributed by atoms with E-state index < -0.39 is 14.4 Å². The maximum atomic E-state index is 11.7.